The number of nitrogens with two attached hydrogens (primary N) is 1. The molecule has 0 unspecified atom stereocenters. The van der Waals surface area contributed by atoms with Crippen molar-refractivity contribution in [3.8, 4) is 17.1 Å². The molecule has 0 fully saturated rings. The summed E-state index contributed by atoms with van der Waals surface area (Å²) >= 11 is 11.9. The molecule has 8 heteroatoms. The normalized spacial score (nSPS) is 11.0. The van der Waals surface area contributed by atoms with Crippen molar-refractivity contribution < 1.29 is 4.39 Å². The topological polar surface area (TPSA) is 76.7 Å². The summed E-state index contributed by atoms with van der Waals surface area (Å²) in [5, 5.41) is 4.54. The van der Waals surface area contributed by atoms with E-state index in [2.05, 4.69) is 10.1 Å². The Balaban J connectivity index is 2.11. The Labute approximate surface area is 140 Å². The van der Waals surface area contributed by atoms with E-state index in [0.29, 0.717) is 22.8 Å². The molecule has 0 atom stereocenters. The van der Waals surface area contributed by atoms with Gasteiger partial charge >= 0.3 is 5.69 Å². The highest BCUT2D eigenvalue weighted by Crippen LogP contribution is 2.26. The molecule has 1 heterocycles. The minimum absolute atomic E-state index is 0.0953. The lowest BCUT2D eigenvalue weighted by Gasteiger charge is -2.03. The Kier molecular flexibility index (Phi) is 4.21. The third kappa shape index (κ3) is 3.01. The van der Waals surface area contributed by atoms with Crippen LogP contribution in [-0.4, -0.2) is 14.8 Å². The van der Waals surface area contributed by atoms with E-state index >= 15 is 0 Å². The monoisotopic (exact) mass is 352 g/mol. The fourth-order valence-corrected chi connectivity index (χ4v) is 2.50. The van der Waals surface area contributed by atoms with Gasteiger partial charge < -0.3 is 5.73 Å². The first-order valence-corrected chi connectivity index (χ1v) is 7.39. The number of nitrogens with zero attached hydrogens (tertiary/aromatic N) is 2. The van der Waals surface area contributed by atoms with Crippen LogP contribution >= 0.6 is 23.2 Å². The van der Waals surface area contributed by atoms with Crippen LogP contribution in [0.15, 0.2) is 41.2 Å². The van der Waals surface area contributed by atoms with Gasteiger partial charge in [0, 0.05) is 12.1 Å². The lowest BCUT2D eigenvalue weighted by molar-refractivity contribution is 0.627. The molecule has 0 saturated heterocycles. The second-order valence-corrected chi connectivity index (χ2v) is 5.62. The number of H-pyrrole nitrogens is 1. The summed E-state index contributed by atoms with van der Waals surface area (Å²) in [7, 11) is 0. The van der Waals surface area contributed by atoms with Gasteiger partial charge in [-0.25, -0.2) is 9.18 Å². The van der Waals surface area contributed by atoms with Crippen LogP contribution < -0.4 is 11.4 Å². The number of nitrogens with one attached hydrogen (secondary N) is 1. The third-order valence-corrected chi connectivity index (χ3v) is 3.91. The van der Waals surface area contributed by atoms with Crippen LogP contribution in [0.5, 0.6) is 0 Å². The molecule has 5 nitrogen and oxygen atoms in total. The Morgan fingerprint density at radius 2 is 1.96 bits per heavy atom. The summed E-state index contributed by atoms with van der Waals surface area (Å²) in [5.74, 6) is -0.284. The zero-order valence-electron chi connectivity index (χ0n) is 11.7. The summed E-state index contributed by atoms with van der Waals surface area (Å²) in [6.07, 6.45) is 0. The van der Waals surface area contributed by atoms with Crippen molar-refractivity contribution in [2.24, 2.45) is 5.73 Å². The van der Waals surface area contributed by atoms with Gasteiger partial charge in [0.25, 0.3) is 0 Å². The Hall–Kier alpha value is -2.15. The molecule has 2 aromatic carbocycles. The van der Waals surface area contributed by atoms with Gasteiger partial charge in [0.15, 0.2) is 5.82 Å². The smallest absolute Gasteiger partial charge is 0.326 e. The van der Waals surface area contributed by atoms with Crippen molar-refractivity contribution in [3.63, 3.8) is 0 Å². The number of aromatic nitrogens is 3. The molecule has 118 valence electrons. The number of halogens is 3. The highest BCUT2D eigenvalue weighted by atomic mass is 35.5. The van der Waals surface area contributed by atoms with Gasteiger partial charge in [0.05, 0.1) is 15.7 Å². The summed E-state index contributed by atoms with van der Waals surface area (Å²) in [6, 6.07) is 9.13. The van der Waals surface area contributed by atoms with Gasteiger partial charge in [0.1, 0.15) is 5.82 Å². The van der Waals surface area contributed by atoms with E-state index in [1.54, 1.807) is 18.2 Å². The molecular weight excluding hydrogens is 342 g/mol. The lowest BCUT2D eigenvalue weighted by Crippen LogP contribution is -2.15. The third-order valence-electron chi connectivity index (χ3n) is 3.29. The molecule has 0 radical (unpaired) electrons. The fraction of sp³-hybridized carbons (Fsp3) is 0.0667. The fourth-order valence-electron chi connectivity index (χ4n) is 2.12. The molecule has 1 aromatic heterocycles. The van der Waals surface area contributed by atoms with Crippen LogP contribution in [-0.2, 0) is 6.54 Å². The van der Waals surface area contributed by atoms with Crippen LogP contribution in [0.1, 0.15) is 5.56 Å². The van der Waals surface area contributed by atoms with Gasteiger partial charge in [-0.15, -0.1) is 5.10 Å². The standard InChI is InChI=1S/C15H11Cl2FN4O/c16-11-3-1-8(7-19)5-10(11)14-20-15(23)22(21-14)9-2-4-13(18)12(17)6-9/h1-6H,7,19H2,(H,20,21,23). The van der Waals surface area contributed by atoms with Crippen molar-refractivity contribution >= 4 is 23.2 Å². The van der Waals surface area contributed by atoms with E-state index in [9.17, 15) is 9.18 Å². The molecule has 3 aromatic rings. The summed E-state index contributed by atoms with van der Waals surface area (Å²) < 4.78 is 14.3. The SMILES string of the molecule is NCc1ccc(Cl)c(-c2nn(-c3ccc(F)c(Cl)c3)c(=O)[nH]2)c1. The predicted octanol–water partition coefficient (Wildman–Crippen LogP) is 3.13. The molecule has 0 amide bonds. The van der Waals surface area contributed by atoms with Crippen LogP contribution in [0.4, 0.5) is 4.39 Å². The highest BCUT2D eigenvalue weighted by Gasteiger charge is 2.13. The number of benzene rings is 2. The number of rotatable bonds is 3. The maximum absolute atomic E-state index is 13.2. The van der Waals surface area contributed by atoms with Crippen molar-refractivity contribution in [2.45, 2.75) is 6.54 Å². The maximum Gasteiger partial charge on any atom is 0.348 e. The molecule has 3 rings (SSSR count). The van der Waals surface area contributed by atoms with E-state index < -0.39 is 11.5 Å². The first-order valence-electron chi connectivity index (χ1n) is 6.63. The molecule has 0 spiro atoms. The second-order valence-electron chi connectivity index (χ2n) is 4.81. The van der Waals surface area contributed by atoms with Gasteiger partial charge in [-0.2, -0.15) is 4.68 Å². The van der Waals surface area contributed by atoms with E-state index in [4.69, 9.17) is 28.9 Å². The summed E-state index contributed by atoms with van der Waals surface area (Å²) in [4.78, 5) is 14.7. The quantitative estimate of drug-likeness (QED) is 0.760. The summed E-state index contributed by atoms with van der Waals surface area (Å²) in [6.45, 7) is 0.336. The van der Waals surface area contributed by atoms with E-state index in [0.717, 1.165) is 10.2 Å². The largest absolute Gasteiger partial charge is 0.348 e. The van der Waals surface area contributed by atoms with Crippen LogP contribution in [0, 0.1) is 5.82 Å². The molecule has 3 N–H and O–H groups in total. The maximum atomic E-state index is 13.2. The Morgan fingerprint density at radius 3 is 2.65 bits per heavy atom. The Morgan fingerprint density at radius 1 is 1.17 bits per heavy atom. The van der Waals surface area contributed by atoms with Crippen molar-refractivity contribution in [3.05, 3.63) is 68.3 Å². The average molecular weight is 353 g/mol. The van der Waals surface area contributed by atoms with Crippen LogP contribution in [0.25, 0.3) is 17.1 Å². The van der Waals surface area contributed by atoms with E-state index in [1.807, 2.05) is 0 Å². The minimum atomic E-state index is -0.571. The van der Waals surface area contributed by atoms with Gasteiger partial charge in [-0.05, 0) is 35.9 Å². The lowest BCUT2D eigenvalue weighted by atomic mass is 10.1. The van der Waals surface area contributed by atoms with Gasteiger partial charge in [0.2, 0.25) is 0 Å². The zero-order valence-corrected chi connectivity index (χ0v) is 13.2. The molecule has 0 aliphatic rings. The second kappa shape index (κ2) is 6.16. The average Bonchev–Trinajstić information content (AvgIpc) is 2.92. The predicted molar refractivity (Wildman–Crippen MR) is 87.5 cm³/mol. The highest BCUT2D eigenvalue weighted by molar-refractivity contribution is 6.33. The number of hydrogen-bond donors (Lipinski definition) is 2. The van der Waals surface area contributed by atoms with Gasteiger partial charge in [-0.1, -0.05) is 29.3 Å². The van der Waals surface area contributed by atoms with Crippen LogP contribution in [0.3, 0.4) is 0 Å². The van der Waals surface area contributed by atoms with Gasteiger partial charge in [-0.3, -0.25) is 4.98 Å². The van der Waals surface area contributed by atoms with Crippen LogP contribution in [0.2, 0.25) is 10.0 Å². The summed E-state index contributed by atoms with van der Waals surface area (Å²) in [5.41, 5.74) is 6.87. The molecule has 0 aliphatic heterocycles. The zero-order chi connectivity index (χ0) is 16.6. The molecule has 23 heavy (non-hydrogen) atoms. The number of aromatic amines is 1. The molecule has 0 aliphatic carbocycles. The van der Waals surface area contributed by atoms with E-state index in [1.165, 1.54) is 18.2 Å². The Bertz CT molecular complexity index is 935. The van der Waals surface area contributed by atoms with Crippen molar-refractivity contribution in [1.29, 1.82) is 0 Å². The first-order chi connectivity index (χ1) is 11.0. The first kappa shape index (κ1) is 15.7. The molecule has 0 bridgehead atoms. The molecular formula is C15H11Cl2FN4O. The minimum Gasteiger partial charge on any atom is -0.326 e. The van der Waals surface area contributed by atoms with E-state index in [-0.39, 0.29) is 10.8 Å². The van der Waals surface area contributed by atoms with Crippen molar-refractivity contribution in [1.82, 2.24) is 14.8 Å². The number of hydrogen-bond acceptors (Lipinski definition) is 3. The molecule has 0 saturated carbocycles. The van der Waals surface area contributed by atoms with Crippen molar-refractivity contribution in [2.75, 3.05) is 0 Å².